The van der Waals surface area contributed by atoms with Gasteiger partial charge in [-0.15, -0.1) is 0 Å². The van der Waals surface area contributed by atoms with Gasteiger partial charge in [-0.3, -0.25) is 0 Å². The number of hydrogen-bond donors (Lipinski definition) is 1. The second kappa shape index (κ2) is 5.78. The van der Waals surface area contributed by atoms with Gasteiger partial charge in [-0.1, -0.05) is 12.8 Å². The van der Waals surface area contributed by atoms with Gasteiger partial charge in [-0.05, 0) is 43.9 Å². The van der Waals surface area contributed by atoms with E-state index < -0.39 is 0 Å². The maximum Gasteiger partial charge on any atom is 0.127 e. The lowest BCUT2D eigenvalue weighted by molar-refractivity contribution is -0.0838. The summed E-state index contributed by atoms with van der Waals surface area (Å²) < 4.78 is 32.7. The van der Waals surface area contributed by atoms with Gasteiger partial charge in [-0.2, -0.15) is 0 Å². The average Bonchev–Trinajstić information content (AvgIpc) is 2.88. The van der Waals surface area contributed by atoms with Gasteiger partial charge < -0.3 is 10.1 Å². The molecule has 0 amide bonds. The van der Waals surface area contributed by atoms with E-state index in [4.69, 9.17) is 4.74 Å². The minimum Gasteiger partial charge on any atom is -0.375 e. The first-order valence-electron chi connectivity index (χ1n) is 7.48. The van der Waals surface area contributed by atoms with Crippen LogP contribution >= 0.6 is 0 Å². The lowest BCUT2D eigenvalue weighted by Crippen LogP contribution is -2.45. The molecule has 3 rings (SSSR count). The highest BCUT2D eigenvalue weighted by atomic mass is 19.1. The minimum absolute atomic E-state index is 0.0520. The maximum absolute atomic E-state index is 13.6. The summed E-state index contributed by atoms with van der Waals surface area (Å²) in [4.78, 5) is 0. The molecule has 1 unspecified atom stereocenters. The third kappa shape index (κ3) is 3.01. The van der Waals surface area contributed by atoms with Crippen molar-refractivity contribution in [3.63, 3.8) is 0 Å². The first-order valence-corrected chi connectivity index (χ1v) is 7.48. The molecule has 1 saturated heterocycles. The maximum atomic E-state index is 13.6. The van der Waals surface area contributed by atoms with Gasteiger partial charge in [0.1, 0.15) is 11.6 Å². The molecule has 1 saturated carbocycles. The molecule has 110 valence electrons. The second-order valence-corrected chi connectivity index (χ2v) is 6.04. The molecule has 1 aliphatic carbocycles. The van der Waals surface area contributed by atoms with Crippen molar-refractivity contribution in [2.45, 2.75) is 56.7 Å². The summed E-state index contributed by atoms with van der Waals surface area (Å²) in [5.41, 5.74) is 0.452. The molecule has 1 aromatic rings. The van der Waals surface area contributed by atoms with Crippen LogP contribution in [0.4, 0.5) is 8.78 Å². The molecule has 1 atom stereocenters. The molecule has 0 bridgehead atoms. The van der Waals surface area contributed by atoms with Crippen molar-refractivity contribution in [3.8, 4) is 0 Å². The van der Waals surface area contributed by atoms with Gasteiger partial charge in [0.05, 0.1) is 5.60 Å². The van der Waals surface area contributed by atoms with Gasteiger partial charge in [0, 0.05) is 24.8 Å². The fraction of sp³-hybridized carbons (Fsp3) is 0.625. The zero-order valence-corrected chi connectivity index (χ0v) is 11.6. The van der Waals surface area contributed by atoms with E-state index in [-0.39, 0.29) is 17.2 Å². The van der Waals surface area contributed by atoms with Crippen molar-refractivity contribution in [2.75, 3.05) is 6.61 Å². The molecule has 1 heterocycles. The van der Waals surface area contributed by atoms with E-state index in [1.807, 2.05) is 0 Å². The number of hydrogen-bond acceptors (Lipinski definition) is 2. The number of halogens is 2. The summed E-state index contributed by atoms with van der Waals surface area (Å²) in [6.07, 6.45) is 6.69. The highest BCUT2D eigenvalue weighted by Crippen LogP contribution is 2.40. The van der Waals surface area contributed by atoms with Crippen molar-refractivity contribution in [1.82, 2.24) is 5.32 Å². The summed E-state index contributed by atoms with van der Waals surface area (Å²) in [5.74, 6) is -0.732. The van der Waals surface area contributed by atoms with Crippen LogP contribution in [0.5, 0.6) is 0 Å². The summed E-state index contributed by atoms with van der Waals surface area (Å²) >= 11 is 0. The lowest BCUT2D eigenvalue weighted by atomic mass is 9.89. The molecule has 0 aromatic heterocycles. The molecule has 1 aromatic carbocycles. The standard InChI is InChI=1S/C16H21F2NO/c17-13-3-4-15(18)12(9-13)11-19-14-5-8-20-16(10-14)6-1-2-7-16/h3-4,9,14,19H,1-2,5-8,10-11H2. The van der Waals surface area contributed by atoms with E-state index in [1.54, 1.807) is 0 Å². The third-order valence-corrected chi connectivity index (χ3v) is 4.60. The number of nitrogens with one attached hydrogen (secondary N) is 1. The lowest BCUT2D eigenvalue weighted by Gasteiger charge is -2.38. The Kier molecular flexibility index (Phi) is 4.03. The van der Waals surface area contributed by atoms with Crippen LogP contribution in [0.1, 0.15) is 44.1 Å². The second-order valence-electron chi connectivity index (χ2n) is 6.04. The van der Waals surface area contributed by atoms with Gasteiger partial charge in [0.25, 0.3) is 0 Å². The first kappa shape index (κ1) is 14.0. The van der Waals surface area contributed by atoms with Gasteiger partial charge in [0.2, 0.25) is 0 Å². The van der Waals surface area contributed by atoms with Gasteiger partial charge in [0.15, 0.2) is 0 Å². The number of rotatable bonds is 3. The van der Waals surface area contributed by atoms with E-state index in [2.05, 4.69) is 5.32 Å². The van der Waals surface area contributed by atoms with Gasteiger partial charge in [-0.25, -0.2) is 8.78 Å². The molecule has 1 N–H and O–H groups in total. The number of benzene rings is 1. The monoisotopic (exact) mass is 281 g/mol. The van der Waals surface area contributed by atoms with Crippen LogP contribution in [0.15, 0.2) is 18.2 Å². The normalized spacial score (nSPS) is 25.2. The molecule has 2 aliphatic rings. The molecule has 0 radical (unpaired) electrons. The molecular formula is C16H21F2NO. The zero-order valence-electron chi connectivity index (χ0n) is 11.6. The van der Waals surface area contributed by atoms with E-state index >= 15 is 0 Å². The predicted molar refractivity (Wildman–Crippen MR) is 73.4 cm³/mol. The van der Waals surface area contributed by atoms with Crippen LogP contribution < -0.4 is 5.32 Å². The Morgan fingerprint density at radius 1 is 1.25 bits per heavy atom. The molecule has 4 heteroatoms. The highest BCUT2D eigenvalue weighted by Gasteiger charge is 2.39. The van der Waals surface area contributed by atoms with E-state index in [1.165, 1.54) is 25.0 Å². The smallest absolute Gasteiger partial charge is 0.127 e. The SMILES string of the molecule is Fc1ccc(F)c(CNC2CCOC3(CCCC3)C2)c1. The fourth-order valence-corrected chi connectivity index (χ4v) is 3.50. The summed E-state index contributed by atoms with van der Waals surface area (Å²) in [5, 5.41) is 3.37. The summed E-state index contributed by atoms with van der Waals surface area (Å²) in [6, 6.07) is 3.95. The van der Waals surface area contributed by atoms with Crippen LogP contribution in [-0.2, 0) is 11.3 Å². The Labute approximate surface area is 118 Å². The number of ether oxygens (including phenoxy) is 1. The zero-order chi connectivity index (χ0) is 14.0. The molecule has 20 heavy (non-hydrogen) atoms. The van der Waals surface area contributed by atoms with E-state index in [0.29, 0.717) is 18.2 Å². The molecule has 2 fully saturated rings. The summed E-state index contributed by atoms with van der Waals surface area (Å²) in [6.45, 7) is 1.15. The Hall–Kier alpha value is -1.00. The van der Waals surface area contributed by atoms with Crippen molar-refractivity contribution >= 4 is 0 Å². The molecular weight excluding hydrogens is 260 g/mol. The topological polar surface area (TPSA) is 21.3 Å². The predicted octanol–water partition coefficient (Wildman–Crippen LogP) is 3.55. The van der Waals surface area contributed by atoms with Crippen LogP contribution in [-0.4, -0.2) is 18.2 Å². The van der Waals surface area contributed by atoms with E-state index in [0.717, 1.165) is 38.4 Å². The fourth-order valence-electron chi connectivity index (χ4n) is 3.50. The minimum atomic E-state index is -0.387. The van der Waals surface area contributed by atoms with Crippen molar-refractivity contribution < 1.29 is 13.5 Å². The first-order chi connectivity index (χ1) is 9.67. The Morgan fingerprint density at radius 2 is 2.05 bits per heavy atom. The largest absolute Gasteiger partial charge is 0.375 e. The van der Waals surface area contributed by atoms with Crippen molar-refractivity contribution in [3.05, 3.63) is 35.4 Å². The van der Waals surface area contributed by atoms with E-state index in [9.17, 15) is 8.78 Å². The van der Waals surface area contributed by atoms with Crippen molar-refractivity contribution in [2.24, 2.45) is 0 Å². The third-order valence-electron chi connectivity index (χ3n) is 4.60. The van der Waals surface area contributed by atoms with Gasteiger partial charge >= 0.3 is 0 Å². The van der Waals surface area contributed by atoms with Crippen LogP contribution in [0.25, 0.3) is 0 Å². The van der Waals surface area contributed by atoms with Crippen LogP contribution in [0, 0.1) is 11.6 Å². The average molecular weight is 281 g/mol. The molecule has 1 spiro atoms. The van der Waals surface area contributed by atoms with Crippen molar-refractivity contribution in [1.29, 1.82) is 0 Å². The Morgan fingerprint density at radius 3 is 2.85 bits per heavy atom. The quantitative estimate of drug-likeness (QED) is 0.915. The van der Waals surface area contributed by atoms with Crippen LogP contribution in [0.3, 0.4) is 0 Å². The highest BCUT2D eigenvalue weighted by molar-refractivity contribution is 5.18. The molecule has 1 aliphatic heterocycles. The van der Waals surface area contributed by atoms with Crippen LogP contribution in [0.2, 0.25) is 0 Å². The molecule has 2 nitrogen and oxygen atoms in total. The Bertz CT molecular complexity index is 472. The summed E-state index contributed by atoms with van der Waals surface area (Å²) in [7, 11) is 0. The Balaban J connectivity index is 1.59.